The Morgan fingerprint density at radius 2 is 2.00 bits per heavy atom. The zero-order valence-electron chi connectivity index (χ0n) is 10.9. The van der Waals surface area contributed by atoms with Crippen molar-refractivity contribution in [2.75, 3.05) is 13.1 Å². The predicted octanol–water partition coefficient (Wildman–Crippen LogP) is 1.06. The van der Waals surface area contributed by atoms with E-state index in [1.165, 1.54) is 0 Å². The lowest BCUT2D eigenvalue weighted by molar-refractivity contribution is -0.151. The topological polar surface area (TPSA) is 49.4 Å². The van der Waals surface area contributed by atoms with Crippen molar-refractivity contribution in [1.29, 1.82) is 0 Å². The van der Waals surface area contributed by atoms with Crippen LogP contribution in [0.1, 0.15) is 45.4 Å². The third kappa shape index (κ3) is 2.50. The minimum Gasteiger partial charge on any atom is -0.340 e. The first-order valence-corrected chi connectivity index (χ1v) is 6.68. The van der Waals surface area contributed by atoms with Crippen LogP contribution in [0.5, 0.6) is 0 Å². The monoisotopic (exact) mass is 248 g/mol. The smallest absolute Gasteiger partial charge is 0.248 e. The molecule has 4 nitrogen and oxygen atoms in total. The van der Waals surface area contributed by atoms with Gasteiger partial charge < -0.3 is 10.2 Å². The molecule has 0 unspecified atom stereocenters. The molecule has 1 N–H and O–H groups in total. The van der Waals surface area contributed by atoms with Crippen molar-refractivity contribution in [3.05, 3.63) is 0 Å². The number of carbonyl (C=O) groups is 2. The Kier molecular flexibility index (Phi) is 3.90. The highest BCUT2D eigenvalue weighted by molar-refractivity contribution is 5.98. The van der Waals surface area contributed by atoms with Crippen LogP contribution in [-0.4, -0.2) is 35.3 Å². The van der Waals surface area contributed by atoms with Gasteiger partial charge in [0, 0.05) is 13.0 Å². The van der Waals surface area contributed by atoms with Gasteiger partial charge in [0.15, 0.2) is 0 Å². The van der Waals surface area contributed by atoms with Gasteiger partial charge in [-0.05, 0) is 19.8 Å². The molecule has 2 rings (SSSR count). The molecule has 0 aromatic carbocycles. The van der Waals surface area contributed by atoms with Crippen LogP contribution in [0.2, 0.25) is 0 Å². The van der Waals surface area contributed by atoms with Gasteiger partial charge in [0.1, 0.15) is 5.54 Å². The summed E-state index contributed by atoms with van der Waals surface area (Å²) in [5, 5.41) is 2.94. The fourth-order valence-corrected chi connectivity index (χ4v) is 2.90. The minimum absolute atomic E-state index is 0.0269. The van der Waals surface area contributed by atoms with Gasteiger partial charge in [0.25, 0.3) is 0 Å². The van der Waals surface area contributed by atoms with Gasteiger partial charge in [0.05, 0.1) is 6.54 Å². The van der Waals surface area contributed by atoms with Gasteiger partial charge in [-0.15, -0.1) is 11.8 Å². The number of piperazine rings is 1. The standard InChI is InChI=1S/C14H20N2O2/c1-2-3-7-10-16-11-12(17)15-14(13(16)18)8-5-4-6-9-14/h4-11H2,1H3,(H,15,17). The molecule has 2 amide bonds. The zero-order valence-corrected chi connectivity index (χ0v) is 10.9. The number of nitrogens with zero attached hydrogens (tertiary/aromatic N) is 1. The molecule has 2 fully saturated rings. The molecule has 1 aliphatic heterocycles. The van der Waals surface area contributed by atoms with E-state index in [1.807, 2.05) is 0 Å². The van der Waals surface area contributed by atoms with Crippen LogP contribution in [-0.2, 0) is 9.59 Å². The van der Waals surface area contributed by atoms with Crippen molar-refractivity contribution in [2.45, 2.75) is 51.0 Å². The van der Waals surface area contributed by atoms with Crippen LogP contribution in [0, 0.1) is 11.8 Å². The van der Waals surface area contributed by atoms with E-state index >= 15 is 0 Å². The normalized spacial score (nSPS) is 22.4. The fraction of sp³-hybridized carbons (Fsp3) is 0.714. The van der Waals surface area contributed by atoms with E-state index in [-0.39, 0.29) is 18.4 Å². The molecule has 0 bridgehead atoms. The molecule has 1 saturated heterocycles. The van der Waals surface area contributed by atoms with Crippen molar-refractivity contribution >= 4 is 11.8 Å². The summed E-state index contributed by atoms with van der Waals surface area (Å²) in [6.07, 6.45) is 5.42. The third-order valence-electron chi connectivity index (χ3n) is 3.80. The molecular formula is C14H20N2O2. The average molecular weight is 248 g/mol. The van der Waals surface area contributed by atoms with Crippen molar-refractivity contribution in [1.82, 2.24) is 10.2 Å². The summed E-state index contributed by atoms with van der Waals surface area (Å²) in [7, 11) is 0. The van der Waals surface area contributed by atoms with Crippen LogP contribution < -0.4 is 5.32 Å². The molecule has 0 atom stereocenters. The summed E-state index contributed by atoms with van der Waals surface area (Å²) in [5.41, 5.74) is -0.604. The second-order valence-corrected chi connectivity index (χ2v) is 5.09. The number of amides is 2. The Hall–Kier alpha value is -1.50. The third-order valence-corrected chi connectivity index (χ3v) is 3.80. The molecule has 98 valence electrons. The van der Waals surface area contributed by atoms with Crippen molar-refractivity contribution < 1.29 is 9.59 Å². The number of nitrogens with one attached hydrogen (secondary N) is 1. The Morgan fingerprint density at radius 3 is 2.67 bits per heavy atom. The largest absolute Gasteiger partial charge is 0.340 e. The van der Waals surface area contributed by atoms with E-state index in [2.05, 4.69) is 17.2 Å². The highest BCUT2D eigenvalue weighted by Crippen LogP contribution is 2.31. The molecule has 18 heavy (non-hydrogen) atoms. The molecule has 1 heterocycles. The summed E-state index contributed by atoms with van der Waals surface area (Å²) >= 11 is 0. The first-order chi connectivity index (χ1) is 8.68. The molecule has 0 radical (unpaired) electrons. The summed E-state index contributed by atoms with van der Waals surface area (Å²) in [6, 6.07) is 0. The summed E-state index contributed by atoms with van der Waals surface area (Å²) in [4.78, 5) is 26.0. The quantitative estimate of drug-likeness (QED) is 0.743. The van der Waals surface area contributed by atoms with Crippen LogP contribution in [0.15, 0.2) is 0 Å². The Morgan fingerprint density at radius 1 is 1.28 bits per heavy atom. The lowest BCUT2D eigenvalue weighted by Crippen LogP contribution is -2.67. The lowest BCUT2D eigenvalue weighted by atomic mass is 9.79. The highest BCUT2D eigenvalue weighted by Gasteiger charge is 2.46. The molecule has 1 saturated carbocycles. The van der Waals surface area contributed by atoms with E-state index in [4.69, 9.17) is 0 Å². The summed E-state index contributed by atoms with van der Waals surface area (Å²) in [5.74, 6) is 5.83. The van der Waals surface area contributed by atoms with Gasteiger partial charge in [-0.2, -0.15) is 0 Å². The maximum atomic E-state index is 12.5. The van der Waals surface area contributed by atoms with Crippen molar-refractivity contribution in [2.24, 2.45) is 0 Å². The molecule has 2 aliphatic rings. The maximum Gasteiger partial charge on any atom is 0.248 e. The molecule has 4 heteroatoms. The van der Waals surface area contributed by atoms with E-state index in [0.717, 1.165) is 32.1 Å². The van der Waals surface area contributed by atoms with E-state index < -0.39 is 5.54 Å². The van der Waals surface area contributed by atoms with Gasteiger partial charge in [0.2, 0.25) is 11.8 Å². The summed E-state index contributed by atoms with van der Waals surface area (Å²) < 4.78 is 0. The van der Waals surface area contributed by atoms with Crippen LogP contribution in [0.25, 0.3) is 0 Å². The predicted molar refractivity (Wildman–Crippen MR) is 68.6 cm³/mol. The Labute approximate surface area is 108 Å². The lowest BCUT2D eigenvalue weighted by Gasteiger charge is -2.44. The highest BCUT2D eigenvalue weighted by atomic mass is 16.2. The second-order valence-electron chi connectivity index (χ2n) is 5.09. The molecule has 1 spiro atoms. The minimum atomic E-state index is -0.604. The first kappa shape index (κ1) is 12.9. The van der Waals surface area contributed by atoms with Crippen LogP contribution in [0.4, 0.5) is 0 Å². The Bertz CT molecular complexity index is 400. The number of hydrogen-bond donors (Lipinski definition) is 1. The molecule has 1 aliphatic carbocycles. The second kappa shape index (κ2) is 5.43. The fourth-order valence-electron chi connectivity index (χ4n) is 2.90. The van der Waals surface area contributed by atoms with Gasteiger partial charge >= 0.3 is 0 Å². The molecule has 0 aromatic rings. The van der Waals surface area contributed by atoms with Crippen molar-refractivity contribution in [3.63, 3.8) is 0 Å². The van der Waals surface area contributed by atoms with E-state index in [9.17, 15) is 9.59 Å². The van der Waals surface area contributed by atoms with E-state index in [0.29, 0.717) is 13.0 Å². The number of rotatable bonds is 2. The van der Waals surface area contributed by atoms with E-state index in [1.54, 1.807) is 11.8 Å². The molecular weight excluding hydrogens is 228 g/mol. The zero-order chi connectivity index (χ0) is 13.0. The first-order valence-electron chi connectivity index (χ1n) is 6.68. The van der Waals surface area contributed by atoms with Gasteiger partial charge in [-0.25, -0.2) is 0 Å². The van der Waals surface area contributed by atoms with Crippen LogP contribution >= 0.6 is 0 Å². The maximum absolute atomic E-state index is 12.5. The van der Waals surface area contributed by atoms with Gasteiger partial charge in [-0.1, -0.05) is 19.3 Å². The van der Waals surface area contributed by atoms with Gasteiger partial charge in [-0.3, -0.25) is 9.59 Å². The number of hydrogen-bond acceptors (Lipinski definition) is 2. The van der Waals surface area contributed by atoms with Crippen LogP contribution in [0.3, 0.4) is 0 Å². The Balaban J connectivity index is 2.09. The van der Waals surface area contributed by atoms with Crippen molar-refractivity contribution in [3.8, 4) is 11.8 Å². The SMILES string of the molecule is CC#CCCN1CC(=O)NC2(CCCCC2)C1=O. The number of carbonyl (C=O) groups excluding carboxylic acids is 2. The average Bonchev–Trinajstić information content (AvgIpc) is 2.36. The molecule has 0 aromatic heterocycles. The summed E-state index contributed by atoms with van der Waals surface area (Å²) in [6.45, 7) is 2.54.